The third kappa shape index (κ3) is 4.41. The van der Waals surface area contributed by atoms with E-state index in [1.165, 1.54) is 29.7 Å². The van der Waals surface area contributed by atoms with Crippen LogP contribution in [0.15, 0.2) is 30.3 Å². The van der Waals surface area contributed by atoms with Crippen LogP contribution in [-0.2, 0) is 15.7 Å². The van der Waals surface area contributed by atoms with Crippen molar-refractivity contribution in [3.63, 3.8) is 0 Å². The van der Waals surface area contributed by atoms with Gasteiger partial charge in [0.1, 0.15) is 17.9 Å². The molecule has 0 aliphatic carbocycles. The lowest BCUT2D eigenvalue weighted by molar-refractivity contribution is -0.146. The molecule has 1 unspecified atom stereocenters. The molecule has 0 aliphatic heterocycles. The number of nitrogens with zero attached hydrogens (tertiary/aromatic N) is 3. The zero-order valence-corrected chi connectivity index (χ0v) is 16.9. The average Bonchev–Trinajstić information content (AvgIpc) is 3.07. The second-order valence-electron chi connectivity index (χ2n) is 6.36. The number of rotatable bonds is 5. The van der Waals surface area contributed by atoms with Crippen molar-refractivity contribution in [3.05, 3.63) is 52.6 Å². The Morgan fingerprint density at radius 1 is 1.32 bits per heavy atom. The predicted octanol–water partition coefficient (Wildman–Crippen LogP) is 5.64. The Balaban J connectivity index is 2.05. The third-order valence-corrected chi connectivity index (χ3v) is 4.60. The molecule has 0 fully saturated rings. The minimum absolute atomic E-state index is 0.00903. The summed E-state index contributed by atoms with van der Waals surface area (Å²) < 4.78 is 64.4. The number of fused-ring (bicyclic) bond motifs is 1. The summed E-state index contributed by atoms with van der Waals surface area (Å²) in [6.07, 6.45) is -4.77. The van der Waals surface area contributed by atoms with E-state index in [1.807, 2.05) is 6.07 Å². The SMILES string of the molecule is CCOC(=O)C(C)n1c(C#N)nc2ccc(Oc3c(F)cc(C(F)(F)F)cc3Cl)cc21. The van der Waals surface area contributed by atoms with E-state index < -0.39 is 40.3 Å². The average molecular weight is 456 g/mol. The molecule has 1 aromatic heterocycles. The molecule has 0 bridgehead atoms. The first-order chi connectivity index (χ1) is 14.6. The lowest BCUT2D eigenvalue weighted by atomic mass is 10.2. The molecule has 0 saturated carbocycles. The van der Waals surface area contributed by atoms with E-state index in [9.17, 15) is 27.6 Å². The number of halogens is 5. The maximum atomic E-state index is 14.3. The molecule has 2 aromatic carbocycles. The standard InChI is InChI=1S/C20H14ClF4N3O3/c1-3-30-19(29)10(2)28-16-8-12(4-5-15(16)27-17(28)9-26)31-18-13(21)6-11(7-14(18)22)20(23,24)25/h4-8,10H,3H2,1-2H3. The fourth-order valence-electron chi connectivity index (χ4n) is 2.91. The minimum atomic E-state index is -4.77. The first-order valence-electron chi connectivity index (χ1n) is 8.89. The number of carbonyl (C=O) groups is 1. The largest absolute Gasteiger partial charge is 0.464 e. The molecule has 0 aliphatic rings. The van der Waals surface area contributed by atoms with Crippen molar-refractivity contribution in [3.8, 4) is 17.6 Å². The summed E-state index contributed by atoms with van der Waals surface area (Å²) in [6.45, 7) is 3.29. The van der Waals surface area contributed by atoms with Gasteiger partial charge in [-0.15, -0.1) is 0 Å². The second kappa shape index (κ2) is 8.43. The third-order valence-electron chi connectivity index (χ3n) is 4.32. The van der Waals surface area contributed by atoms with Gasteiger partial charge in [0.15, 0.2) is 11.6 Å². The zero-order valence-electron chi connectivity index (χ0n) is 16.1. The summed E-state index contributed by atoms with van der Waals surface area (Å²) >= 11 is 5.81. The molecule has 11 heteroatoms. The molecule has 3 aromatic rings. The minimum Gasteiger partial charge on any atom is -0.464 e. The Bertz CT molecular complexity index is 1180. The molecule has 1 heterocycles. The van der Waals surface area contributed by atoms with Gasteiger partial charge in [-0.1, -0.05) is 11.6 Å². The molecule has 162 valence electrons. The zero-order chi connectivity index (χ0) is 22.9. The maximum absolute atomic E-state index is 14.3. The fourth-order valence-corrected chi connectivity index (χ4v) is 3.16. The molecule has 0 saturated heterocycles. The van der Waals surface area contributed by atoms with Crippen molar-refractivity contribution in [2.45, 2.75) is 26.1 Å². The van der Waals surface area contributed by atoms with Crippen LogP contribution >= 0.6 is 11.6 Å². The van der Waals surface area contributed by atoms with Crippen LogP contribution in [0.2, 0.25) is 5.02 Å². The van der Waals surface area contributed by atoms with Crippen LogP contribution in [0.4, 0.5) is 17.6 Å². The van der Waals surface area contributed by atoms with Gasteiger partial charge in [0.2, 0.25) is 5.82 Å². The van der Waals surface area contributed by atoms with Gasteiger partial charge < -0.3 is 14.0 Å². The number of esters is 1. The van der Waals surface area contributed by atoms with Crippen molar-refractivity contribution in [1.82, 2.24) is 9.55 Å². The highest BCUT2D eigenvalue weighted by atomic mass is 35.5. The normalized spacial score (nSPS) is 12.5. The van der Waals surface area contributed by atoms with E-state index in [-0.39, 0.29) is 24.2 Å². The van der Waals surface area contributed by atoms with E-state index in [2.05, 4.69) is 4.98 Å². The molecule has 0 N–H and O–H groups in total. The van der Waals surface area contributed by atoms with Crippen LogP contribution < -0.4 is 4.74 Å². The lowest BCUT2D eigenvalue weighted by Gasteiger charge is -2.15. The lowest BCUT2D eigenvalue weighted by Crippen LogP contribution is -2.20. The molecule has 3 rings (SSSR count). The molecule has 0 radical (unpaired) electrons. The maximum Gasteiger partial charge on any atom is 0.416 e. The van der Waals surface area contributed by atoms with Crippen molar-refractivity contribution in [2.24, 2.45) is 0 Å². The summed E-state index contributed by atoms with van der Waals surface area (Å²) in [7, 11) is 0. The van der Waals surface area contributed by atoms with Crippen molar-refractivity contribution in [2.75, 3.05) is 6.61 Å². The first kappa shape index (κ1) is 22.4. The topological polar surface area (TPSA) is 77.1 Å². The van der Waals surface area contributed by atoms with Gasteiger partial charge >= 0.3 is 12.1 Å². The number of hydrogen-bond donors (Lipinski definition) is 0. The number of benzene rings is 2. The number of aromatic nitrogens is 2. The second-order valence-corrected chi connectivity index (χ2v) is 6.77. The monoisotopic (exact) mass is 455 g/mol. The summed E-state index contributed by atoms with van der Waals surface area (Å²) in [5.41, 5.74) is -0.602. The van der Waals surface area contributed by atoms with Gasteiger partial charge in [0, 0.05) is 6.07 Å². The van der Waals surface area contributed by atoms with Crippen LogP contribution in [0, 0.1) is 17.1 Å². The van der Waals surface area contributed by atoms with Gasteiger partial charge in [-0.25, -0.2) is 14.2 Å². The van der Waals surface area contributed by atoms with E-state index in [0.717, 1.165) is 0 Å². The van der Waals surface area contributed by atoms with E-state index in [1.54, 1.807) is 6.92 Å². The number of carbonyl (C=O) groups excluding carboxylic acids is 1. The van der Waals surface area contributed by atoms with E-state index in [0.29, 0.717) is 17.1 Å². The summed E-state index contributed by atoms with van der Waals surface area (Å²) in [6, 6.07) is 6.02. The van der Waals surface area contributed by atoms with Gasteiger partial charge in [0.25, 0.3) is 0 Å². The van der Waals surface area contributed by atoms with Crippen LogP contribution in [0.3, 0.4) is 0 Å². The van der Waals surface area contributed by atoms with Crippen molar-refractivity contribution >= 4 is 28.6 Å². The summed E-state index contributed by atoms with van der Waals surface area (Å²) in [5.74, 6) is -2.55. The number of alkyl halides is 3. The highest BCUT2D eigenvalue weighted by molar-refractivity contribution is 6.32. The fraction of sp³-hybridized carbons (Fsp3) is 0.250. The Morgan fingerprint density at radius 3 is 2.61 bits per heavy atom. The van der Waals surface area contributed by atoms with Gasteiger partial charge in [0.05, 0.1) is 28.2 Å². The van der Waals surface area contributed by atoms with Crippen LogP contribution in [0.25, 0.3) is 11.0 Å². The smallest absolute Gasteiger partial charge is 0.416 e. The Hall–Kier alpha value is -3.32. The highest BCUT2D eigenvalue weighted by Crippen LogP contribution is 2.39. The first-order valence-corrected chi connectivity index (χ1v) is 9.27. The van der Waals surface area contributed by atoms with Gasteiger partial charge in [-0.05, 0) is 38.1 Å². The Kier molecular flexibility index (Phi) is 6.08. The summed E-state index contributed by atoms with van der Waals surface area (Å²) in [4.78, 5) is 16.3. The Morgan fingerprint density at radius 2 is 2.03 bits per heavy atom. The van der Waals surface area contributed by atoms with Gasteiger partial charge in [-0.2, -0.15) is 18.4 Å². The van der Waals surface area contributed by atoms with Crippen molar-refractivity contribution < 1.29 is 31.8 Å². The molecule has 0 spiro atoms. The van der Waals surface area contributed by atoms with Crippen LogP contribution in [0.1, 0.15) is 31.3 Å². The predicted molar refractivity (Wildman–Crippen MR) is 102 cm³/mol. The molecular weight excluding hydrogens is 442 g/mol. The number of hydrogen-bond acceptors (Lipinski definition) is 5. The van der Waals surface area contributed by atoms with Crippen LogP contribution in [0.5, 0.6) is 11.5 Å². The molecule has 0 amide bonds. The van der Waals surface area contributed by atoms with E-state index in [4.69, 9.17) is 21.1 Å². The Labute approximate surface area is 178 Å². The molecular formula is C20H14ClF4N3O3. The number of nitriles is 1. The van der Waals surface area contributed by atoms with Crippen molar-refractivity contribution in [1.29, 1.82) is 5.26 Å². The molecule has 1 atom stereocenters. The summed E-state index contributed by atoms with van der Waals surface area (Å²) in [5, 5.41) is 8.80. The highest BCUT2D eigenvalue weighted by Gasteiger charge is 2.33. The number of ether oxygens (including phenoxy) is 2. The molecule has 6 nitrogen and oxygen atoms in total. The quantitative estimate of drug-likeness (QED) is 0.368. The van der Waals surface area contributed by atoms with E-state index >= 15 is 0 Å². The number of imidazole rings is 1. The van der Waals surface area contributed by atoms with Crippen LogP contribution in [-0.4, -0.2) is 22.1 Å². The molecule has 31 heavy (non-hydrogen) atoms. The van der Waals surface area contributed by atoms with Gasteiger partial charge in [-0.3, -0.25) is 0 Å².